The number of carboxylic acids is 1. The number of carbonyl (C=O) groups excluding carboxylic acids is 1. The van der Waals surface area contributed by atoms with Gasteiger partial charge in [-0.3, -0.25) is 9.69 Å². The zero-order valence-electron chi connectivity index (χ0n) is 16.1. The number of carbonyl (C=O) groups is 2. The van der Waals surface area contributed by atoms with E-state index in [-0.39, 0.29) is 24.7 Å². The lowest BCUT2D eigenvalue weighted by Gasteiger charge is -2.42. The molecule has 1 saturated carbocycles. The van der Waals surface area contributed by atoms with Crippen molar-refractivity contribution in [2.24, 2.45) is 0 Å². The van der Waals surface area contributed by atoms with Crippen molar-refractivity contribution in [3.63, 3.8) is 0 Å². The van der Waals surface area contributed by atoms with Gasteiger partial charge in [0.2, 0.25) is 0 Å². The van der Waals surface area contributed by atoms with Gasteiger partial charge in [0.25, 0.3) is 0 Å². The molecule has 1 fully saturated rings. The molecule has 1 aliphatic carbocycles. The van der Waals surface area contributed by atoms with Crippen molar-refractivity contribution < 1.29 is 19.4 Å². The second kappa shape index (κ2) is 9.41. The molecule has 0 atom stereocenters. The Morgan fingerprint density at radius 1 is 1.18 bits per heavy atom. The van der Waals surface area contributed by atoms with Crippen LogP contribution in [0.15, 0.2) is 42.5 Å². The van der Waals surface area contributed by atoms with Gasteiger partial charge in [0.05, 0.1) is 13.1 Å². The smallest absolute Gasteiger partial charge is 0.317 e. The minimum Gasteiger partial charge on any atom is -0.491 e. The zero-order chi connectivity index (χ0) is 19.9. The number of nitrogens with one attached hydrogen (secondary N) is 2. The molecule has 1 aliphatic rings. The molecule has 2 amide bonds. The normalized spacial score (nSPS) is 18.5. The van der Waals surface area contributed by atoms with Crippen LogP contribution in [-0.4, -0.2) is 60.3 Å². The van der Waals surface area contributed by atoms with Gasteiger partial charge in [-0.1, -0.05) is 43.3 Å². The third-order valence-electron chi connectivity index (χ3n) is 5.10. The highest BCUT2D eigenvalue weighted by molar-refractivity contribution is 5.88. The first-order valence-electron chi connectivity index (χ1n) is 9.67. The second-order valence-corrected chi connectivity index (χ2v) is 7.00. The molecular weight excluding hydrogens is 358 g/mol. The molecule has 0 spiro atoms. The van der Waals surface area contributed by atoms with Gasteiger partial charge >= 0.3 is 12.0 Å². The lowest BCUT2D eigenvalue weighted by Crippen LogP contribution is -2.56. The summed E-state index contributed by atoms with van der Waals surface area (Å²) in [7, 11) is 0. The summed E-state index contributed by atoms with van der Waals surface area (Å²) in [4.78, 5) is 24.8. The summed E-state index contributed by atoms with van der Waals surface area (Å²) in [6.07, 6.45) is 1.56. The van der Waals surface area contributed by atoms with Crippen LogP contribution in [0.4, 0.5) is 4.79 Å². The predicted molar refractivity (Wildman–Crippen MR) is 108 cm³/mol. The number of hydrogen-bond acceptors (Lipinski definition) is 4. The number of benzene rings is 2. The van der Waals surface area contributed by atoms with E-state index in [4.69, 9.17) is 9.84 Å². The number of fused-ring (bicyclic) bond motifs is 1. The van der Waals surface area contributed by atoms with Crippen LogP contribution in [-0.2, 0) is 4.79 Å². The van der Waals surface area contributed by atoms with Crippen LogP contribution < -0.4 is 15.4 Å². The maximum absolute atomic E-state index is 12.0. The van der Waals surface area contributed by atoms with Crippen molar-refractivity contribution in [2.75, 3.05) is 26.2 Å². The minimum absolute atomic E-state index is 0.0472. The van der Waals surface area contributed by atoms with E-state index in [1.807, 2.05) is 54.3 Å². The van der Waals surface area contributed by atoms with E-state index in [0.717, 1.165) is 29.4 Å². The highest BCUT2D eigenvalue weighted by Gasteiger charge is 2.34. The Bertz CT molecular complexity index is 815. The molecule has 150 valence electrons. The highest BCUT2D eigenvalue weighted by Crippen LogP contribution is 2.26. The first-order valence-corrected chi connectivity index (χ1v) is 9.67. The molecule has 2 aromatic rings. The van der Waals surface area contributed by atoms with E-state index < -0.39 is 5.97 Å². The Labute approximate surface area is 164 Å². The predicted octanol–water partition coefficient (Wildman–Crippen LogP) is 2.46. The molecule has 7 nitrogen and oxygen atoms in total. The fourth-order valence-corrected chi connectivity index (χ4v) is 3.56. The lowest BCUT2D eigenvalue weighted by atomic mass is 9.85. The Hall–Kier alpha value is -2.80. The number of rotatable bonds is 9. The molecule has 2 aromatic carbocycles. The van der Waals surface area contributed by atoms with E-state index in [9.17, 15) is 9.59 Å². The number of ether oxygens (including phenoxy) is 1. The van der Waals surface area contributed by atoms with E-state index in [1.54, 1.807) is 0 Å². The van der Waals surface area contributed by atoms with Crippen molar-refractivity contribution in [3.05, 3.63) is 42.5 Å². The summed E-state index contributed by atoms with van der Waals surface area (Å²) in [6.45, 7) is 3.49. The minimum atomic E-state index is -0.817. The third-order valence-corrected chi connectivity index (χ3v) is 5.10. The standard InChI is InChI=1S/C21H27N3O4/c1-2-24(14-20(25)26)17-12-16(13-17)23-21(27)22-10-11-28-19-9-5-7-15-6-3-4-8-18(15)19/h3-9,16-17H,2,10-14H2,1H3,(H,25,26)(H2,22,23,27). The molecule has 0 aliphatic heterocycles. The molecule has 7 heteroatoms. The number of amides is 2. The van der Waals surface area contributed by atoms with Crippen molar-refractivity contribution in [3.8, 4) is 5.75 Å². The van der Waals surface area contributed by atoms with E-state index in [0.29, 0.717) is 19.7 Å². The topological polar surface area (TPSA) is 90.9 Å². The van der Waals surface area contributed by atoms with Crippen molar-refractivity contribution in [1.82, 2.24) is 15.5 Å². The number of aliphatic carboxylic acids is 1. The van der Waals surface area contributed by atoms with Crippen LogP contribution in [0.25, 0.3) is 10.8 Å². The van der Waals surface area contributed by atoms with Gasteiger partial charge in [-0.25, -0.2) is 4.79 Å². The summed E-state index contributed by atoms with van der Waals surface area (Å²) >= 11 is 0. The summed E-state index contributed by atoms with van der Waals surface area (Å²) in [6, 6.07) is 14.0. The second-order valence-electron chi connectivity index (χ2n) is 7.00. The first-order chi connectivity index (χ1) is 13.6. The van der Waals surface area contributed by atoms with Crippen LogP contribution in [0.5, 0.6) is 5.75 Å². The quantitative estimate of drug-likeness (QED) is 0.577. The Morgan fingerprint density at radius 3 is 2.68 bits per heavy atom. The van der Waals surface area contributed by atoms with Gasteiger partial charge in [-0.05, 0) is 30.8 Å². The largest absolute Gasteiger partial charge is 0.491 e. The molecule has 3 rings (SSSR count). The molecule has 0 unspecified atom stereocenters. The molecule has 0 bridgehead atoms. The molecular formula is C21H27N3O4. The van der Waals surface area contributed by atoms with Crippen molar-refractivity contribution in [1.29, 1.82) is 0 Å². The van der Waals surface area contributed by atoms with Crippen molar-refractivity contribution >= 4 is 22.8 Å². The molecule has 0 radical (unpaired) electrons. The molecule has 0 saturated heterocycles. The summed E-state index contributed by atoms with van der Waals surface area (Å²) in [5.74, 6) is -0.0116. The Balaban J connectivity index is 1.35. The maximum Gasteiger partial charge on any atom is 0.317 e. The van der Waals surface area contributed by atoms with E-state index >= 15 is 0 Å². The van der Waals surface area contributed by atoms with Crippen molar-refractivity contribution in [2.45, 2.75) is 31.8 Å². The first kappa shape index (κ1) is 19.9. The van der Waals surface area contributed by atoms with Gasteiger partial charge in [0, 0.05) is 17.5 Å². The number of hydrogen-bond donors (Lipinski definition) is 3. The number of nitrogens with zero attached hydrogens (tertiary/aromatic N) is 1. The zero-order valence-corrected chi connectivity index (χ0v) is 16.1. The van der Waals surface area contributed by atoms with E-state index in [1.165, 1.54) is 0 Å². The Morgan fingerprint density at radius 2 is 1.93 bits per heavy atom. The van der Waals surface area contributed by atoms with Gasteiger partial charge in [-0.15, -0.1) is 0 Å². The molecule has 0 aromatic heterocycles. The maximum atomic E-state index is 12.0. The molecule has 0 heterocycles. The van der Waals surface area contributed by atoms with Gasteiger partial charge in [0.1, 0.15) is 12.4 Å². The molecule has 3 N–H and O–H groups in total. The van der Waals surface area contributed by atoms with Crippen LogP contribution >= 0.6 is 0 Å². The van der Waals surface area contributed by atoms with E-state index in [2.05, 4.69) is 10.6 Å². The summed E-state index contributed by atoms with van der Waals surface area (Å²) in [5, 5.41) is 16.8. The SMILES string of the molecule is CCN(CC(=O)O)C1CC(NC(=O)NCCOc2cccc3ccccc23)C1. The average molecular weight is 385 g/mol. The number of urea groups is 1. The fraction of sp³-hybridized carbons (Fsp3) is 0.429. The number of carboxylic acid groups (broad SMARTS) is 1. The highest BCUT2D eigenvalue weighted by atomic mass is 16.5. The fourth-order valence-electron chi connectivity index (χ4n) is 3.56. The Kier molecular flexibility index (Phi) is 6.71. The van der Waals surface area contributed by atoms with Crippen LogP contribution in [0.1, 0.15) is 19.8 Å². The number of likely N-dealkylation sites (N-methyl/N-ethyl adjacent to an activating group) is 1. The summed E-state index contributed by atoms with van der Waals surface area (Å²) < 4.78 is 5.81. The van der Waals surface area contributed by atoms with Gasteiger partial charge < -0.3 is 20.5 Å². The van der Waals surface area contributed by atoms with Crippen LogP contribution in [0.2, 0.25) is 0 Å². The average Bonchev–Trinajstić information content (AvgIpc) is 2.66. The monoisotopic (exact) mass is 385 g/mol. The third kappa shape index (κ3) is 5.13. The van der Waals surface area contributed by atoms with Gasteiger partial charge in [0.15, 0.2) is 0 Å². The van der Waals surface area contributed by atoms with Crippen LogP contribution in [0.3, 0.4) is 0 Å². The van der Waals surface area contributed by atoms with Crippen LogP contribution in [0, 0.1) is 0 Å². The van der Waals surface area contributed by atoms with Gasteiger partial charge in [-0.2, -0.15) is 0 Å². The summed E-state index contributed by atoms with van der Waals surface area (Å²) in [5.41, 5.74) is 0. The molecule has 28 heavy (non-hydrogen) atoms. The lowest BCUT2D eigenvalue weighted by molar-refractivity contribution is -0.139.